The van der Waals surface area contributed by atoms with Crippen molar-refractivity contribution in [2.24, 2.45) is 23.2 Å². The maximum Gasteiger partial charge on any atom is 0.0689 e. The molecule has 0 N–H and O–H groups in total. The van der Waals surface area contributed by atoms with Crippen molar-refractivity contribution < 1.29 is 4.74 Å². The Morgan fingerprint density at radius 2 is 1.67 bits per heavy atom. The van der Waals surface area contributed by atoms with Crippen LogP contribution in [0.25, 0.3) is 0 Å². The summed E-state index contributed by atoms with van der Waals surface area (Å²) in [5.41, 5.74) is 0.925. The third-order valence-corrected chi connectivity index (χ3v) is 5.71. The largest absolute Gasteiger partial charge is 0.378 e. The van der Waals surface area contributed by atoms with Gasteiger partial charge in [-0.05, 0) is 61.7 Å². The monoisotopic (exact) mass is 208 g/mol. The number of hydrogen-bond donors (Lipinski definition) is 0. The molecule has 0 amide bonds. The van der Waals surface area contributed by atoms with E-state index in [1.54, 1.807) is 0 Å². The smallest absolute Gasteiger partial charge is 0.0689 e. The zero-order valence-electron chi connectivity index (χ0n) is 10.4. The summed E-state index contributed by atoms with van der Waals surface area (Å²) in [6.07, 6.45) is 8.54. The van der Waals surface area contributed by atoms with E-state index in [1.165, 1.54) is 38.5 Å². The average Bonchev–Trinajstić information content (AvgIpc) is 2.15. The second-order valence-corrected chi connectivity index (χ2v) is 6.87. The van der Waals surface area contributed by atoms with Gasteiger partial charge in [0, 0.05) is 7.11 Å². The van der Waals surface area contributed by atoms with Gasteiger partial charge in [0.2, 0.25) is 0 Å². The molecule has 0 aromatic rings. The molecule has 86 valence electrons. The normalized spacial score (nSPS) is 52.8. The fraction of sp³-hybridized carbons (Fsp3) is 1.00. The Morgan fingerprint density at radius 3 is 2.13 bits per heavy atom. The molecule has 1 nitrogen and oxygen atoms in total. The highest BCUT2D eigenvalue weighted by Crippen LogP contribution is 2.64. The molecule has 0 radical (unpaired) electrons. The van der Waals surface area contributed by atoms with Crippen molar-refractivity contribution in [3.8, 4) is 0 Å². The standard InChI is InChI=1S/C14H24O/c1-10(2)13-5-11-4-12(6-13)8-14(7-11,9-13)15-3/h10-12H,4-9H2,1-3H3. The van der Waals surface area contributed by atoms with Crippen LogP contribution in [0.4, 0.5) is 0 Å². The van der Waals surface area contributed by atoms with Crippen LogP contribution < -0.4 is 0 Å². The topological polar surface area (TPSA) is 9.23 Å². The van der Waals surface area contributed by atoms with Gasteiger partial charge in [-0.15, -0.1) is 0 Å². The highest BCUT2D eigenvalue weighted by atomic mass is 16.5. The highest BCUT2D eigenvalue weighted by molar-refractivity contribution is 5.09. The number of methoxy groups -OCH3 is 1. The Bertz CT molecular complexity index is 255. The maximum atomic E-state index is 5.93. The van der Waals surface area contributed by atoms with Crippen molar-refractivity contribution in [1.29, 1.82) is 0 Å². The zero-order chi connectivity index (χ0) is 10.7. The molecule has 4 aliphatic carbocycles. The summed E-state index contributed by atoms with van der Waals surface area (Å²) in [5.74, 6) is 2.81. The van der Waals surface area contributed by atoms with E-state index in [4.69, 9.17) is 4.74 Å². The summed E-state index contributed by atoms with van der Waals surface area (Å²) in [6, 6.07) is 0. The lowest BCUT2D eigenvalue weighted by Crippen LogP contribution is -2.57. The minimum Gasteiger partial charge on any atom is -0.378 e. The predicted molar refractivity (Wildman–Crippen MR) is 61.7 cm³/mol. The summed E-state index contributed by atoms with van der Waals surface area (Å²) in [5, 5.41) is 0. The van der Waals surface area contributed by atoms with Crippen LogP contribution in [0.3, 0.4) is 0 Å². The molecule has 0 aliphatic heterocycles. The van der Waals surface area contributed by atoms with Crippen molar-refractivity contribution >= 4 is 0 Å². The third kappa shape index (κ3) is 1.32. The van der Waals surface area contributed by atoms with Crippen LogP contribution in [0.15, 0.2) is 0 Å². The minimum absolute atomic E-state index is 0.286. The van der Waals surface area contributed by atoms with E-state index in [9.17, 15) is 0 Å². The first-order valence-electron chi connectivity index (χ1n) is 6.63. The number of hydrogen-bond acceptors (Lipinski definition) is 1. The van der Waals surface area contributed by atoms with Crippen LogP contribution >= 0.6 is 0 Å². The summed E-state index contributed by atoms with van der Waals surface area (Å²) < 4.78 is 5.93. The van der Waals surface area contributed by atoms with E-state index in [1.807, 2.05) is 7.11 Å². The molecule has 0 aromatic heterocycles. The van der Waals surface area contributed by atoms with Gasteiger partial charge in [0.15, 0.2) is 0 Å². The molecule has 0 heterocycles. The van der Waals surface area contributed by atoms with E-state index in [0.717, 1.165) is 17.8 Å². The van der Waals surface area contributed by atoms with Gasteiger partial charge in [-0.3, -0.25) is 0 Å². The molecular formula is C14H24O. The summed E-state index contributed by atoms with van der Waals surface area (Å²) in [6.45, 7) is 4.85. The molecule has 4 saturated carbocycles. The van der Waals surface area contributed by atoms with E-state index in [0.29, 0.717) is 5.41 Å². The third-order valence-electron chi connectivity index (χ3n) is 5.71. The van der Waals surface area contributed by atoms with Crippen molar-refractivity contribution in [3.63, 3.8) is 0 Å². The first-order valence-corrected chi connectivity index (χ1v) is 6.63. The summed E-state index contributed by atoms with van der Waals surface area (Å²) >= 11 is 0. The molecule has 0 spiro atoms. The van der Waals surface area contributed by atoms with Crippen LogP contribution in [-0.4, -0.2) is 12.7 Å². The first kappa shape index (κ1) is 10.1. The fourth-order valence-corrected chi connectivity index (χ4v) is 5.16. The lowest BCUT2D eigenvalue weighted by molar-refractivity contribution is -0.191. The molecule has 4 bridgehead atoms. The van der Waals surface area contributed by atoms with Crippen LogP contribution in [0, 0.1) is 23.2 Å². The lowest BCUT2D eigenvalue weighted by atomic mass is 9.45. The van der Waals surface area contributed by atoms with Gasteiger partial charge in [0.05, 0.1) is 5.60 Å². The first-order chi connectivity index (χ1) is 7.07. The van der Waals surface area contributed by atoms with Gasteiger partial charge < -0.3 is 4.74 Å². The van der Waals surface area contributed by atoms with E-state index in [-0.39, 0.29) is 5.60 Å². The van der Waals surface area contributed by atoms with E-state index in [2.05, 4.69) is 13.8 Å². The highest BCUT2D eigenvalue weighted by Gasteiger charge is 2.58. The Kier molecular flexibility index (Phi) is 2.03. The lowest BCUT2D eigenvalue weighted by Gasteiger charge is -2.63. The van der Waals surface area contributed by atoms with Crippen LogP contribution in [0.5, 0.6) is 0 Å². The maximum absolute atomic E-state index is 5.93. The van der Waals surface area contributed by atoms with Gasteiger partial charge in [-0.1, -0.05) is 13.8 Å². The quantitative estimate of drug-likeness (QED) is 0.673. The molecule has 4 aliphatic rings. The van der Waals surface area contributed by atoms with Crippen molar-refractivity contribution in [3.05, 3.63) is 0 Å². The number of rotatable bonds is 2. The van der Waals surface area contributed by atoms with Gasteiger partial charge in [0.1, 0.15) is 0 Å². The molecule has 4 fully saturated rings. The van der Waals surface area contributed by atoms with Crippen LogP contribution in [0.2, 0.25) is 0 Å². The van der Waals surface area contributed by atoms with E-state index < -0.39 is 0 Å². The Balaban J connectivity index is 1.95. The molecule has 2 unspecified atom stereocenters. The Hall–Kier alpha value is -0.0400. The van der Waals surface area contributed by atoms with Gasteiger partial charge in [-0.25, -0.2) is 0 Å². The summed E-state index contributed by atoms with van der Waals surface area (Å²) in [7, 11) is 1.95. The fourth-order valence-electron chi connectivity index (χ4n) is 5.16. The molecule has 2 atom stereocenters. The molecule has 1 heteroatoms. The van der Waals surface area contributed by atoms with Crippen molar-refractivity contribution in [2.75, 3.05) is 7.11 Å². The Labute approximate surface area is 93.6 Å². The second-order valence-electron chi connectivity index (χ2n) is 6.87. The van der Waals surface area contributed by atoms with Crippen molar-refractivity contribution in [2.45, 2.75) is 58.0 Å². The molecule has 0 aromatic carbocycles. The number of ether oxygens (including phenoxy) is 1. The van der Waals surface area contributed by atoms with E-state index >= 15 is 0 Å². The van der Waals surface area contributed by atoms with Crippen LogP contribution in [-0.2, 0) is 4.74 Å². The second kappa shape index (κ2) is 3.00. The average molecular weight is 208 g/mol. The molecular weight excluding hydrogens is 184 g/mol. The minimum atomic E-state index is 0.286. The van der Waals surface area contributed by atoms with Gasteiger partial charge in [0.25, 0.3) is 0 Å². The SMILES string of the molecule is COC12CC3CC(C1)CC(C(C)C)(C3)C2. The summed E-state index contributed by atoms with van der Waals surface area (Å²) in [4.78, 5) is 0. The molecule has 4 rings (SSSR count). The van der Waals surface area contributed by atoms with Crippen molar-refractivity contribution in [1.82, 2.24) is 0 Å². The molecule has 15 heavy (non-hydrogen) atoms. The Morgan fingerprint density at radius 1 is 1.07 bits per heavy atom. The molecule has 0 saturated heterocycles. The van der Waals surface area contributed by atoms with Crippen LogP contribution in [0.1, 0.15) is 52.4 Å². The predicted octanol–water partition coefficient (Wildman–Crippen LogP) is 3.63. The van der Waals surface area contributed by atoms with Gasteiger partial charge >= 0.3 is 0 Å². The van der Waals surface area contributed by atoms with Gasteiger partial charge in [-0.2, -0.15) is 0 Å². The zero-order valence-corrected chi connectivity index (χ0v) is 10.4.